The molecule has 0 saturated carbocycles. The van der Waals surface area contributed by atoms with Gasteiger partial charge in [-0.05, 0) is 24.6 Å². The lowest BCUT2D eigenvalue weighted by molar-refractivity contribution is -0.140. The molecule has 0 fully saturated rings. The molecule has 6 N–H and O–H groups in total. The van der Waals surface area contributed by atoms with Gasteiger partial charge in [-0.3, -0.25) is 9.59 Å². The van der Waals surface area contributed by atoms with Crippen LogP contribution >= 0.6 is 0 Å². The maximum absolute atomic E-state index is 12.0. The minimum atomic E-state index is -1.44. The Morgan fingerprint density at radius 2 is 1.73 bits per heavy atom. The van der Waals surface area contributed by atoms with Crippen molar-refractivity contribution in [1.29, 1.82) is 0 Å². The summed E-state index contributed by atoms with van der Waals surface area (Å²) in [6.45, 7) is 0. The fourth-order valence-corrected chi connectivity index (χ4v) is 1.70. The Bertz CT molecular complexity index is 627. The third-order valence-corrected chi connectivity index (χ3v) is 2.77. The van der Waals surface area contributed by atoms with Gasteiger partial charge >= 0.3 is 17.9 Å². The van der Waals surface area contributed by atoms with Crippen LogP contribution in [0.1, 0.15) is 33.6 Å². The summed E-state index contributed by atoms with van der Waals surface area (Å²) >= 11 is 0. The first kappa shape index (κ1) is 17.0. The van der Waals surface area contributed by atoms with Gasteiger partial charge in [0.25, 0.3) is 5.91 Å². The molecule has 0 heterocycles. The highest BCUT2D eigenvalue weighted by molar-refractivity contribution is 6.06. The van der Waals surface area contributed by atoms with Crippen molar-refractivity contribution < 1.29 is 34.5 Å². The van der Waals surface area contributed by atoms with Crippen LogP contribution in [0.3, 0.4) is 0 Å². The normalized spacial score (nSPS) is 11.5. The number of aliphatic carboxylic acids is 2. The molecule has 0 saturated heterocycles. The Labute approximate surface area is 124 Å². The van der Waals surface area contributed by atoms with Crippen molar-refractivity contribution in [1.82, 2.24) is 5.32 Å². The van der Waals surface area contributed by atoms with Crippen LogP contribution in [-0.2, 0) is 9.59 Å². The van der Waals surface area contributed by atoms with E-state index in [4.69, 9.17) is 21.1 Å². The van der Waals surface area contributed by atoms with E-state index < -0.39 is 36.3 Å². The summed E-state index contributed by atoms with van der Waals surface area (Å²) in [6.07, 6.45) is -0.779. The Balaban J connectivity index is 2.97. The largest absolute Gasteiger partial charge is 0.481 e. The van der Waals surface area contributed by atoms with Crippen molar-refractivity contribution in [2.24, 2.45) is 0 Å². The molecule has 1 aromatic carbocycles. The van der Waals surface area contributed by atoms with Crippen molar-refractivity contribution >= 4 is 29.5 Å². The van der Waals surface area contributed by atoms with Crippen LogP contribution in [0.5, 0.6) is 0 Å². The van der Waals surface area contributed by atoms with Gasteiger partial charge in [0.2, 0.25) is 0 Å². The molecule has 1 aromatic rings. The number of carboxylic acids is 3. The van der Waals surface area contributed by atoms with Crippen molar-refractivity contribution in [2.45, 2.75) is 18.9 Å². The van der Waals surface area contributed by atoms with E-state index in [1.165, 1.54) is 6.07 Å². The smallest absolute Gasteiger partial charge is 0.336 e. The summed E-state index contributed by atoms with van der Waals surface area (Å²) in [4.78, 5) is 44.6. The van der Waals surface area contributed by atoms with E-state index >= 15 is 0 Å². The minimum Gasteiger partial charge on any atom is -0.481 e. The van der Waals surface area contributed by atoms with Crippen molar-refractivity contribution in [3.8, 4) is 0 Å². The maximum atomic E-state index is 12.0. The molecule has 0 aromatic heterocycles. The Hall–Kier alpha value is -3.10. The lowest BCUT2D eigenvalue weighted by Gasteiger charge is -2.14. The predicted octanol–water partition coefficient (Wildman–Crippen LogP) is 0.0148. The zero-order chi connectivity index (χ0) is 16.9. The van der Waals surface area contributed by atoms with Crippen molar-refractivity contribution in [3.05, 3.63) is 29.3 Å². The van der Waals surface area contributed by atoms with E-state index in [1.807, 2.05) is 0 Å². The highest BCUT2D eigenvalue weighted by Gasteiger charge is 2.24. The summed E-state index contributed by atoms with van der Waals surface area (Å²) in [7, 11) is 0. The average molecular weight is 310 g/mol. The van der Waals surface area contributed by atoms with Gasteiger partial charge in [0.1, 0.15) is 6.04 Å². The summed E-state index contributed by atoms with van der Waals surface area (Å²) in [5.74, 6) is -4.95. The molecule has 0 radical (unpaired) electrons. The van der Waals surface area contributed by atoms with Crippen LogP contribution in [-0.4, -0.2) is 45.2 Å². The molecular weight excluding hydrogens is 296 g/mol. The molecule has 9 heteroatoms. The average Bonchev–Trinajstić information content (AvgIpc) is 2.42. The third-order valence-electron chi connectivity index (χ3n) is 2.77. The number of nitrogens with one attached hydrogen (secondary N) is 1. The second-order valence-corrected chi connectivity index (χ2v) is 4.41. The maximum Gasteiger partial charge on any atom is 0.336 e. The molecular formula is C13H14N2O7. The number of carbonyl (C=O) groups excluding carboxylic acids is 1. The van der Waals surface area contributed by atoms with Gasteiger partial charge < -0.3 is 26.4 Å². The lowest BCUT2D eigenvalue weighted by atomic mass is 10.0. The summed E-state index contributed by atoms with van der Waals surface area (Å²) in [6, 6.07) is 2.09. The van der Waals surface area contributed by atoms with Gasteiger partial charge in [0, 0.05) is 12.1 Å². The summed E-state index contributed by atoms with van der Waals surface area (Å²) in [5, 5.41) is 28.6. The van der Waals surface area contributed by atoms with Gasteiger partial charge in [-0.15, -0.1) is 0 Å². The monoisotopic (exact) mass is 310 g/mol. The first-order valence-corrected chi connectivity index (χ1v) is 6.10. The molecule has 0 aliphatic rings. The van der Waals surface area contributed by atoms with Crippen LogP contribution in [0, 0.1) is 0 Å². The predicted molar refractivity (Wildman–Crippen MR) is 73.6 cm³/mol. The molecule has 0 aliphatic heterocycles. The Kier molecular flexibility index (Phi) is 5.44. The SMILES string of the molecule is Nc1ccc(C(=O)N[C@@H](CCC(=O)O)C(=O)O)c(C(=O)O)c1. The first-order valence-electron chi connectivity index (χ1n) is 6.10. The van der Waals surface area contributed by atoms with E-state index in [0.29, 0.717) is 0 Å². The molecule has 0 unspecified atom stereocenters. The van der Waals surface area contributed by atoms with Crippen LogP contribution < -0.4 is 11.1 Å². The minimum absolute atomic E-state index is 0.134. The van der Waals surface area contributed by atoms with Gasteiger partial charge in [0.05, 0.1) is 11.1 Å². The van der Waals surface area contributed by atoms with Crippen LogP contribution in [0.4, 0.5) is 5.69 Å². The number of nitrogens with two attached hydrogens (primary N) is 1. The fourth-order valence-electron chi connectivity index (χ4n) is 1.70. The number of aromatic carboxylic acids is 1. The summed E-state index contributed by atoms with van der Waals surface area (Å²) < 4.78 is 0. The van der Waals surface area contributed by atoms with E-state index in [-0.39, 0.29) is 23.2 Å². The molecule has 1 rings (SSSR count). The number of nitrogen functional groups attached to an aromatic ring is 1. The van der Waals surface area contributed by atoms with E-state index in [2.05, 4.69) is 5.32 Å². The van der Waals surface area contributed by atoms with E-state index in [1.54, 1.807) is 0 Å². The van der Waals surface area contributed by atoms with E-state index in [9.17, 15) is 19.2 Å². The molecule has 0 bridgehead atoms. The van der Waals surface area contributed by atoms with Crippen molar-refractivity contribution in [3.63, 3.8) is 0 Å². The first-order chi connectivity index (χ1) is 10.2. The van der Waals surface area contributed by atoms with Gasteiger partial charge in [-0.25, -0.2) is 9.59 Å². The molecule has 9 nitrogen and oxygen atoms in total. The Morgan fingerprint density at radius 1 is 1.09 bits per heavy atom. The third kappa shape index (κ3) is 4.47. The molecule has 22 heavy (non-hydrogen) atoms. The zero-order valence-electron chi connectivity index (χ0n) is 11.3. The molecule has 1 amide bonds. The molecule has 0 aliphatic carbocycles. The molecule has 1 atom stereocenters. The van der Waals surface area contributed by atoms with Gasteiger partial charge in [0.15, 0.2) is 0 Å². The number of anilines is 1. The highest BCUT2D eigenvalue weighted by Crippen LogP contribution is 2.14. The van der Waals surface area contributed by atoms with Crippen LogP contribution in [0.15, 0.2) is 18.2 Å². The zero-order valence-corrected chi connectivity index (χ0v) is 11.3. The van der Waals surface area contributed by atoms with E-state index in [0.717, 1.165) is 12.1 Å². The number of hydrogen-bond donors (Lipinski definition) is 5. The lowest BCUT2D eigenvalue weighted by Crippen LogP contribution is -2.41. The van der Waals surface area contributed by atoms with Crippen LogP contribution in [0.2, 0.25) is 0 Å². The topological polar surface area (TPSA) is 167 Å². The van der Waals surface area contributed by atoms with Crippen molar-refractivity contribution in [2.75, 3.05) is 5.73 Å². The van der Waals surface area contributed by atoms with Crippen LogP contribution in [0.25, 0.3) is 0 Å². The second-order valence-electron chi connectivity index (χ2n) is 4.41. The standard InChI is InChI=1S/C13H14N2O7/c14-6-1-2-7(8(5-6)12(19)20)11(18)15-9(13(21)22)3-4-10(16)17/h1-2,5,9H,3-4,14H2,(H,15,18)(H,16,17)(H,19,20)(H,21,22)/t9-/m0/s1. The van der Waals surface area contributed by atoms with Gasteiger partial charge in [-0.1, -0.05) is 0 Å². The number of hydrogen-bond acceptors (Lipinski definition) is 5. The quantitative estimate of drug-likeness (QED) is 0.439. The highest BCUT2D eigenvalue weighted by atomic mass is 16.4. The molecule has 118 valence electrons. The number of carbonyl (C=O) groups is 4. The second kappa shape index (κ2) is 7.07. The fraction of sp³-hybridized carbons (Fsp3) is 0.231. The number of rotatable bonds is 7. The van der Waals surface area contributed by atoms with Gasteiger partial charge in [-0.2, -0.15) is 0 Å². The summed E-state index contributed by atoms with van der Waals surface area (Å²) in [5.41, 5.74) is 4.94. The molecule has 0 spiro atoms. The number of amides is 1. The Morgan fingerprint density at radius 3 is 2.23 bits per heavy atom. The number of benzene rings is 1. The number of carboxylic acid groups (broad SMARTS) is 3.